The van der Waals surface area contributed by atoms with Crippen molar-refractivity contribution in [1.82, 2.24) is 9.78 Å². The van der Waals surface area contributed by atoms with Crippen LogP contribution in [0.15, 0.2) is 36.7 Å². The van der Waals surface area contributed by atoms with Gasteiger partial charge in [-0.2, -0.15) is 5.10 Å². The number of aromatic nitrogens is 2. The van der Waals surface area contributed by atoms with E-state index in [1.807, 2.05) is 25.4 Å². The van der Waals surface area contributed by atoms with Gasteiger partial charge in [-0.05, 0) is 36.6 Å². The number of hydrogen-bond donors (Lipinski definition) is 1. The Morgan fingerprint density at radius 3 is 2.57 bits per heavy atom. The van der Waals surface area contributed by atoms with Crippen LogP contribution in [-0.2, 0) is 27.8 Å². The molecule has 2 aromatic rings. The van der Waals surface area contributed by atoms with Gasteiger partial charge < -0.3 is 10.1 Å². The summed E-state index contributed by atoms with van der Waals surface area (Å²) in [7, 11) is 3.22. The van der Waals surface area contributed by atoms with Crippen LogP contribution in [0.25, 0.3) is 0 Å². The molecular weight excluding hydrogens is 294 g/mol. The summed E-state index contributed by atoms with van der Waals surface area (Å²) in [5.74, 6) is -0.656. The molecule has 0 fully saturated rings. The fraction of sp³-hybridized carbons (Fsp3) is 0.353. The summed E-state index contributed by atoms with van der Waals surface area (Å²) in [5, 5.41) is 6.92. The predicted octanol–water partition coefficient (Wildman–Crippen LogP) is 2.27. The molecule has 1 aromatic heterocycles. The maximum atomic E-state index is 12.0. The van der Waals surface area contributed by atoms with Crippen LogP contribution in [0.3, 0.4) is 0 Å². The Morgan fingerprint density at radius 1 is 1.30 bits per heavy atom. The molecule has 0 aliphatic carbocycles. The molecule has 6 heteroatoms. The van der Waals surface area contributed by atoms with E-state index in [2.05, 4.69) is 10.4 Å². The average molecular weight is 315 g/mol. The molecular formula is C17H21N3O3. The predicted molar refractivity (Wildman–Crippen MR) is 87.0 cm³/mol. The van der Waals surface area contributed by atoms with Crippen LogP contribution in [0.1, 0.15) is 30.4 Å². The number of amides is 1. The van der Waals surface area contributed by atoms with Crippen LogP contribution in [0.2, 0.25) is 0 Å². The second kappa shape index (κ2) is 7.58. The molecule has 1 aromatic carbocycles. The highest BCUT2D eigenvalue weighted by Crippen LogP contribution is 2.19. The number of nitrogens with zero attached hydrogens (tertiary/aromatic N) is 2. The number of hydrogen-bond acceptors (Lipinski definition) is 4. The van der Waals surface area contributed by atoms with E-state index < -0.39 is 0 Å². The van der Waals surface area contributed by atoms with E-state index in [1.165, 1.54) is 7.11 Å². The highest BCUT2D eigenvalue weighted by atomic mass is 16.5. The van der Waals surface area contributed by atoms with Crippen molar-refractivity contribution < 1.29 is 14.3 Å². The fourth-order valence-electron chi connectivity index (χ4n) is 2.25. The van der Waals surface area contributed by atoms with Gasteiger partial charge in [0.1, 0.15) is 0 Å². The fourth-order valence-corrected chi connectivity index (χ4v) is 2.25. The molecule has 6 nitrogen and oxygen atoms in total. The quantitative estimate of drug-likeness (QED) is 0.830. The van der Waals surface area contributed by atoms with E-state index in [9.17, 15) is 9.59 Å². The third-order valence-electron chi connectivity index (χ3n) is 3.65. The van der Waals surface area contributed by atoms with Crippen molar-refractivity contribution >= 4 is 17.6 Å². The summed E-state index contributed by atoms with van der Waals surface area (Å²) >= 11 is 0. The summed E-state index contributed by atoms with van der Waals surface area (Å²) in [5.41, 5.74) is 2.59. The number of nitrogens with one attached hydrogen (secondary N) is 1. The van der Waals surface area contributed by atoms with Gasteiger partial charge in [-0.25, -0.2) is 0 Å². The van der Waals surface area contributed by atoms with Crippen molar-refractivity contribution in [2.75, 3.05) is 12.4 Å². The Morgan fingerprint density at radius 2 is 2.00 bits per heavy atom. The molecule has 0 saturated heterocycles. The number of anilines is 1. The zero-order valence-electron chi connectivity index (χ0n) is 13.6. The maximum absolute atomic E-state index is 12.0. The topological polar surface area (TPSA) is 73.2 Å². The number of benzene rings is 1. The lowest BCUT2D eigenvalue weighted by Gasteiger charge is -2.10. The normalized spacial score (nSPS) is 11.8. The summed E-state index contributed by atoms with van der Waals surface area (Å²) in [4.78, 5) is 23.5. The third-order valence-corrected chi connectivity index (χ3v) is 3.65. The Balaban J connectivity index is 1.87. The molecule has 122 valence electrons. The molecule has 1 heterocycles. The number of carbonyl (C=O) groups is 2. The van der Waals surface area contributed by atoms with Crippen LogP contribution in [0.5, 0.6) is 0 Å². The van der Waals surface area contributed by atoms with Gasteiger partial charge >= 0.3 is 5.97 Å². The van der Waals surface area contributed by atoms with Crippen molar-refractivity contribution in [1.29, 1.82) is 0 Å². The van der Waals surface area contributed by atoms with E-state index in [1.54, 1.807) is 29.9 Å². The molecule has 0 aliphatic heterocycles. The van der Waals surface area contributed by atoms with Crippen molar-refractivity contribution in [3.05, 3.63) is 47.8 Å². The van der Waals surface area contributed by atoms with Crippen molar-refractivity contribution in [2.24, 2.45) is 7.05 Å². The van der Waals surface area contributed by atoms with Crippen molar-refractivity contribution in [3.63, 3.8) is 0 Å². The van der Waals surface area contributed by atoms with E-state index in [0.717, 1.165) is 11.1 Å². The van der Waals surface area contributed by atoms with E-state index in [4.69, 9.17) is 4.74 Å². The second-order valence-electron chi connectivity index (χ2n) is 5.44. The first-order valence-electron chi connectivity index (χ1n) is 7.44. The van der Waals surface area contributed by atoms with Crippen molar-refractivity contribution in [3.8, 4) is 0 Å². The molecule has 23 heavy (non-hydrogen) atoms. The van der Waals surface area contributed by atoms with Crippen LogP contribution >= 0.6 is 0 Å². The first-order valence-corrected chi connectivity index (χ1v) is 7.44. The highest BCUT2D eigenvalue weighted by molar-refractivity contribution is 5.90. The molecule has 0 aliphatic rings. The Hall–Kier alpha value is -2.63. The molecule has 0 bridgehead atoms. The largest absolute Gasteiger partial charge is 0.469 e. The smallest absolute Gasteiger partial charge is 0.312 e. The highest BCUT2D eigenvalue weighted by Gasteiger charge is 2.15. The molecule has 0 radical (unpaired) electrons. The number of ether oxygens (including phenoxy) is 1. The van der Waals surface area contributed by atoms with Crippen LogP contribution < -0.4 is 5.32 Å². The molecule has 0 unspecified atom stereocenters. The lowest BCUT2D eigenvalue weighted by molar-refractivity contribution is -0.142. The molecule has 1 atom stereocenters. The van der Waals surface area contributed by atoms with Gasteiger partial charge in [-0.3, -0.25) is 14.3 Å². The first kappa shape index (κ1) is 16.7. The molecule has 1 N–H and O–H groups in total. The number of carbonyl (C=O) groups excluding carboxylic acids is 2. The minimum Gasteiger partial charge on any atom is -0.469 e. The minimum atomic E-state index is -0.324. The number of aryl methyl sites for hydroxylation is 2. The van der Waals surface area contributed by atoms with E-state index in [0.29, 0.717) is 18.5 Å². The Labute approximate surface area is 135 Å². The van der Waals surface area contributed by atoms with Gasteiger partial charge in [0.15, 0.2) is 0 Å². The Kier molecular flexibility index (Phi) is 5.51. The molecule has 0 saturated carbocycles. The SMILES string of the molecule is COC(=O)[C@@H](C)c1ccc(NC(=O)CCc2cnn(C)c2)cc1. The van der Waals surface area contributed by atoms with Gasteiger partial charge in [-0.15, -0.1) is 0 Å². The molecule has 2 rings (SSSR count). The van der Waals surface area contributed by atoms with Gasteiger partial charge in [-0.1, -0.05) is 12.1 Å². The zero-order valence-corrected chi connectivity index (χ0v) is 13.6. The van der Waals surface area contributed by atoms with E-state index in [-0.39, 0.29) is 17.8 Å². The monoisotopic (exact) mass is 315 g/mol. The standard InChI is InChI=1S/C17H21N3O3/c1-12(17(22)23-3)14-5-7-15(8-6-14)19-16(21)9-4-13-10-18-20(2)11-13/h5-8,10-12H,4,9H2,1-3H3,(H,19,21)/t12-/m0/s1. The van der Waals surface area contributed by atoms with E-state index >= 15 is 0 Å². The minimum absolute atomic E-state index is 0.0531. The first-order chi connectivity index (χ1) is 11.0. The number of esters is 1. The maximum Gasteiger partial charge on any atom is 0.312 e. The summed E-state index contributed by atoms with van der Waals surface area (Å²) < 4.78 is 6.44. The summed E-state index contributed by atoms with van der Waals surface area (Å²) in [6.45, 7) is 1.79. The summed E-state index contributed by atoms with van der Waals surface area (Å²) in [6.07, 6.45) is 4.70. The van der Waals surface area contributed by atoms with Gasteiger partial charge in [0.2, 0.25) is 5.91 Å². The van der Waals surface area contributed by atoms with Gasteiger partial charge in [0.25, 0.3) is 0 Å². The third kappa shape index (κ3) is 4.67. The average Bonchev–Trinajstić information content (AvgIpc) is 2.97. The van der Waals surface area contributed by atoms with Crippen molar-refractivity contribution in [2.45, 2.75) is 25.7 Å². The molecule has 0 spiro atoms. The second-order valence-corrected chi connectivity index (χ2v) is 5.44. The van der Waals surface area contributed by atoms with Crippen LogP contribution in [-0.4, -0.2) is 28.8 Å². The van der Waals surface area contributed by atoms with Crippen LogP contribution in [0, 0.1) is 0 Å². The van der Waals surface area contributed by atoms with Gasteiger partial charge in [0.05, 0.1) is 19.2 Å². The Bertz CT molecular complexity index is 677. The van der Waals surface area contributed by atoms with Gasteiger partial charge in [0, 0.05) is 25.4 Å². The molecule has 1 amide bonds. The number of rotatable bonds is 6. The summed E-state index contributed by atoms with van der Waals surface area (Å²) in [6, 6.07) is 7.21. The lowest BCUT2D eigenvalue weighted by atomic mass is 10.0. The lowest BCUT2D eigenvalue weighted by Crippen LogP contribution is -2.13. The zero-order chi connectivity index (χ0) is 16.8. The van der Waals surface area contributed by atoms with Crippen LogP contribution in [0.4, 0.5) is 5.69 Å². The number of methoxy groups -OCH3 is 1.